The van der Waals surface area contributed by atoms with Crippen molar-refractivity contribution < 1.29 is 56.2 Å². The Hall–Kier alpha value is -10.8. The molecule has 0 radical (unpaired) electrons. The second kappa shape index (κ2) is 36.3. The average Bonchev–Trinajstić information content (AvgIpc) is 2.52. The maximum absolute atomic E-state index is 11.5. The van der Waals surface area contributed by atoms with Crippen LogP contribution in [0.1, 0.15) is 77.0 Å². The van der Waals surface area contributed by atoms with Gasteiger partial charge in [0.15, 0.2) is 5.11 Å². The van der Waals surface area contributed by atoms with E-state index in [0.29, 0.717) is 67.9 Å². The van der Waals surface area contributed by atoms with Crippen molar-refractivity contribution >= 4 is 118 Å². The van der Waals surface area contributed by atoms with Crippen molar-refractivity contribution in [1.29, 1.82) is 0 Å². The second-order valence-corrected chi connectivity index (χ2v) is 18.7. The van der Waals surface area contributed by atoms with Crippen molar-refractivity contribution in [3.63, 3.8) is 0 Å². The monoisotopic (exact) mass is 1290 g/mol. The van der Waals surface area contributed by atoms with Gasteiger partial charge in [-0.15, -0.1) is 0 Å². The number of aryl methyl sites for hydroxylation is 1. The van der Waals surface area contributed by atoms with Gasteiger partial charge in [0.1, 0.15) is 46.1 Å². The summed E-state index contributed by atoms with van der Waals surface area (Å²) < 4.78 is 36.5. The van der Waals surface area contributed by atoms with Crippen LogP contribution in [0.15, 0.2) is 178 Å². The van der Waals surface area contributed by atoms with E-state index >= 15 is 0 Å². The normalized spacial score (nSPS) is 10.5. The zero-order chi connectivity index (χ0) is 64.7. The molecule has 15 N–H and O–H groups in total. The van der Waals surface area contributed by atoms with Crippen molar-refractivity contribution in [3.8, 4) is 45.3 Å². The summed E-state index contributed by atoms with van der Waals surface area (Å²) in [7, 11) is 4.04. The first-order valence-electron chi connectivity index (χ1n) is 25.7. The summed E-state index contributed by atoms with van der Waals surface area (Å²) in [6, 6.07) is 39.8. The van der Waals surface area contributed by atoms with Crippen LogP contribution in [0.5, 0.6) is 0 Å². The fourth-order valence-corrected chi connectivity index (χ4v) is 7.31. The minimum absolute atomic E-state index is 0.183. The van der Waals surface area contributed by atoms with E-state index in [1.807, 2.05) is 32.0 Å². The van der Waals surface area contributed by atoms with Crippen LogP contribution in [-0.4, -0.2) is 102 Å². The lowest BCUT2D eigenvalue weighted by Crippen LogP contribution is -2.37. The molecule has 4 heterocycles. The summed E-state index contributed by atoms with van der Waals surface area (Å²) in [6.07, 6.45) is 5.93. The van der Waals surface area contributed by atoms with Crippen LogP contribution in [0.3, 0.4) is 0 Å². The SMILES string of the molecule is CCNC(=S)N/N=C/c1ccc(-c2ccc(C(=O)OC)cc2)o1.COC(=O)c1ccc(-c2ccc(/C=N/NC(=S)NN)o2)c(C)c1.COC(=O)c1ccc(-c2ccc(/C=N/NC(=S)NN)o2)cc1.NNC(=S)N/N=C/c1ccc(-c2ccc(C(=O)O)cc2)o1. The molecule has 0 saturated carbocycles. The summed E-state index contributed by atoms with van der Waals surface area (Å²) in [5, 5.41) is 28.3. The molecular weight excluding hydrogens is 1230 g/mol. The highest BCUT2D eigenvalue weighted by molar-refractivity contribution is 7.80. The van der Waals surface area contributed by atoms with Gasteiger partial charge in [0.05, 0.1) is 68.4 Å². The molecule has 462 valence electrons. The third-order valence-corrected chi connectivity index (χ3v) is 12.0. The van der Waals surface area contributed by atoms with Gasteiger partial charge in [0.2, 0.25) is 15.3 Å². The van der Waals surface area contributed by atoms with Crippen LogP contribution in [0, 0.1) is 6.92 Å². The summed E-state index contributed by atoms with van der Waals surface area (Å²) in [5.41, 5.74) is 22.8. The predicted octanol–water partition coefficient (Wildman–Crippen LogP) is 6.99. The number of hydrogen-bond acceptors (Lipinski definition) is 22. The van der Waals surface area contributed by atoms with Gasteiger partial charge in [-0.3, -0.25) is 38.0 Å². The summed E-state index contributed by atoms with van der Waals surface area (Å²) >= 11 is 19.3. The lowest BCUT2D eigenvalue weighted by molar-refractivity contribution is 0.0592. The van der Waals surface area contributed by atoms with Gasteiger partial charge < -0.3 is 42.3 Å². The number of hydrogen-bond donors (Lipinski definition) is 12. The fraction of sp³-hybridized carbons (Fsp3) is 0.103. The second-order valence-electron chi connectivity index (χ2n) is 17.1. The van der Waals surface area contributed by atoms with Crippen LogP contribution in [0.2, 0.25) is 0 Å². The molecule has 31 heteroatoms. The fourth-order valence-electron chi connectivity index (χ4n) is 6.95. The molecule has 0 bridgehead atoms. The van der Waals surface area contributed by atoms with Crippen molar-refractivity contribution in [3.05, 3.63) is 190 Å². The van der Waals surface area contributed by atoms with E-state index in [1.54, 1.807) is 109 Å². The molecule has 0 aliphatic heterocycles. The molecule has 0 unspecified atom stereocenters. The molecule has 4 aromatic heterocycles. The summed E-state index contributed by atoms with van der Waals surface area (Å²) in [5.74, 6) is 18.0. The van der Waals surface area contributed by atoms with E-state index in [1.165, 1.54) is 58.3 Å². The average molecular weight is 1290 g/mol. The Balaban J connectivity index is 0.000000216. The van der Waals surface area contributed by atoms with Gasteiger partial charge in [-0.05, 0) is 165 Å². The van der Waals surface area contributed by atoms with Crippen LogP contribution in [0.4, 0.5) is 0 Å². The maximum Gasteiger partial charge on any atom is 0.337 e. The molecule has 0 fully saturated rings. The number of ether oxygens (including phenoxy) is 3. The molecule has 8 aromatic rings. The molecule has 27 nitrogen and oxygen atoms in total. The summed E-state index contributed by atoms with van der Waals surface area (Å²) in [6.45, 7) is 4.57. The highest BCUT2D eigenvalue weighted by atomic mass is 32.1. The maximum atomic E-state index is 11.5. The Labute approximate surface area is 530 Å². The van der Waals surface area contributed by atoms with Crippen molar-refractivity contribution in [2.45, 2.75) is 13.8 Å². The number of nitrogens with two attached hydrogens (primary N) is 3. The van der Waals surface area contributed by atoms with E-state index in [9.17, 15) is 19.2 Å². The molecule has 8 rings (SSSR count). The Morgan fingerprint density at radius 1 is 0.449 bits per heavy atom. The number of thiocarbonyl (C=S) groups is 4. The Morgan fingerprint density at radius 2 is 0.753 bits per heavy atom. The molecule has 0 amide bonds. The summed E-state index contributed by atoms with van der Waals surface area (Å²) in [4.78, 5) is 45.1. The molecule has 0 spiro atoms. The van der Waals surface area contributed by atoms with Crippen LogP contribution >= 0.6 is 48.9 Å². The number of carbonyl (C=O) groups excluding carboxylic acids is 3. The molecule has 4 aromatic carbocycles. The van der Waals surface area contributed by atoms with Gasteiger partial charge in [-0.25, -0.2) is 36.7 Å². The Kier molecular flexibility index (Phi) is 28.1. The first-order valence-corrected chi connectivity index (χ1v) is 27.3. The van der Waals surface area contributed by atoms with E-state index in [4.69, 9.17) is 93.9 Å². The number of hydrazone groups is 4. The number of rotatable bonds is 17. The van der Waals surface area contributed by atoms with Gasteiger partial charge >= 0.3 is 23.9 Å². The molecule has 0 atom stereocenters. The van der Waals surface area contributed by atoms with Gasteiger partial charge in [-0.2, -0.15) is 20.4 Å². The Bertz CT molecular complexity index is 3820. The number of nitrogens with zero attached hydrogens (tertiary/aromatic N) is 4. The number of benzene rings is 4. The molecule has 89 heavy (non-hydrogen) atoms. The van der Waals surface area contributed by atoms with E-state index in [0.717, 1.165) is 34.4 Å². The number of carboxylic acids is 1. The van der Waals surface area contributed by atoms with E-state index in [2.05, 4.69) is 73.2 Å². The number of esters is 3. The predicted molar refractivity (Wildman–Crippen MR) is 351 cm³/mol. The highest BCUT2D eigenvalue weighted by Gasteiger charge is 2.13. The molecule has 0 saturated heterocycles. The number of aromatic carboxylic acids is 1. The van der Waals surface area contributed by atoms with Crippen LogP contribution in [-0.2, 0) is 14.2 Å². The van der Waals surface area contributed by atoms with Crippen LogP contribution < -0.4 is 60.8 Å². The third-order valence-electron chi connectivity index (χ3n) is 11.2. The van der Waals surface area contributed by atoms with Crippen molar-refractivity contribution in [2.24, 2.45) is 37.9 Å². The number of hydrazine groups is 3. The molecule has 0 aliphatic rings. The zero-order valence-corrected chi connectivity index (χ0v) is 51.2. The number of carbonyl (C=O) groups is 4. The topological polar surface area (TPSA) is 392 Å². The number of methoxy groups -OCH3 is 3. The van der Waals surface area contributed by atoms with Gasteiger partial charge in [0, 0.05) is 28.8 Å². The van der Waals surface area contributed by atoms with Crippen molar-refractivity contribution in [1.82, 2.24) is 43.3 Å². The third kappa shape index (κ3) is 22.5. The first-order chi connectivity index (χ1) is 42.9. The van der Waals surface area contributed by atoms with E-state index in [-0.39, 0.29) is 38.8 Å². The van der Waals surface area contributed by atoms with Crippen LogP contribution in [0.25, 0.3) is 45.3 Å². The van der Waals surface area contributed by atoms with E-state index < -0.39 is 5.97 Å². The van der Waals surface area contributed by atoms with Crippen molar-refractivity contribution in [2.75, 3.05) is 27.9 Å². The van der Waals surface area contributed by atoms with Gasteiger partial charge in [0.25, 0.3) is 0 Å². The highest BCUT2D eigenvalue weighted by Crippen LogP contribution is 2.27. The lowest BCUT2D eigenvalue weighted by Gasteiger charge is -2.05. The minimum Gasteiger partial charge on any atom is -0.478 e. The molecule has 0 aliphatic carbocycles. The quantitative estimate of drug-likeness (QED) is 0.0109. The zero-order valence-electron chi connectivity index (χ0n) is 47.9. The smallest absolute Gasteiger partial charge is 0.337 e. The lowest BCUT2D eigenvalue weighted by atomic mass is 10.0. The minimum atomic E-state index is -0.968. The number of furan rings is 4. The number of carboxylic acid groups (broad SMARTS) is 1. The Morgan fingerprint density at radius 3 is 1.07 bits per heavy atom. The molecular formula is C58H59N15O12S4. The van der Waals surface area contributed by atoms with Gasteiger partial charge in [-0.1, -0.05) is 42.5 Å². The largest absolute Gasteiger partial charge is 0.478 e. The standard InChI is InChI=1S/C16H17N3O3S.C15H16N4O3S.C14H14N4O3S.C13H12N4O3S/c1-3-17-16(23)19-18-10-13-8-9-14(22-13)11-4-6-12(7-5-11)15(20)21-2;1-9-7-10(14(20)21-2)3-5-12(9)13-6-4-11(22-13)8-17-19-15(23)18-16;1-20-13(19)10-4-2-9(3-5-10)12-7-6-11(21-12)8-16-18-14(22)17-15;14-16-13(21)17-15-7-10-5-6-11(20-10)8-1-3-9(4-2-8)12(18)19/h4-10H,3H2,1-2H3,(H2,17,19,23);3-8H,16H2,1-2H3,(H2,18,19,23);2-8H,15H2,1H3,(H2,17,18,22);1-7H,14H2,(H,18,19)(H2,16,17,21)/b18-10+;17-8+;16-8+;15-7+. The first kappa shape index (κ1) is 69.0. The number of nitrogens with one attached hydrogen (secondary N) is 8.